The normalized spacial score (nSPS) is 16.4. The van der Waals surface area contributed by atoms with Crippen LogP contribution in [0.3, 0.4) is 0 Å². The Hall–Kier alpha value is -1.49. The number of nitrogens with one attached hydrogen (secondary N) is 1. The first-order chi connectivity index (χ1) is 12.8. The van der Waals surface area contributed by atoms with Crippen LogP contribution in [0.4, 0.5) is 5.69 Å². The van der Waals surface area contributed by atoms with Gasteiger partial charge in [-0.05, 0) is 36.4 Å². The van der Waals surface area contributed by atoms with E-state index in [-0.39, 0.29) is 10.8 Å². The van der Waals surface area contributed by atoms with Gasteiger partial charge in [-0.2, -0.15) is 0 Å². The number of sulfonamides is 1. The van der Waals surface area contributed by atoms with Crippen molar-refractivity contribution in [3.63, 3.8) is 0 Å². The van der Waals surface area contributed by atoms with Crippen molar-refractivity contribution in [2.75, 3.05) is 38.0 Å². The molecule has 0 radical (unpaired) electrons. The monoisotopic (exact) mass is 428 g/mol. The fraction of sp³-hybridized carbons (Fsp3) is 0.353. The second-order valence-electron chi connectivity index (χ2n) is 6.38. The highest BCUT2D eigenvalue weighted by molar-refractivity contribution is 7.89. The lowest BCUT2D eigenvalue weighted by atomic mass is 10.3. The minimum Gasteiger partial charge on any atom is -0.325 e. The van der Waals surface area contributed by atoms with Crippen LogP contribution in [0.2, 0.25) is 4.34 Å². The van der Waals surface area contributed by atoms with E-state index in [1.54, 1.807) is 11.3 Å². The Balaban J connectivity index is 1.44. The van der Waals surface area contributed by atoms with Crippen molar-refractivity contribution < 1.29 is 13.2 Å². The minimum atomic E-state index is -3.73. The molecule has 1 fully saturated rings. The van der Waals surface area contributed by atoms with E-state index in [2.05, 4.69) is 15.1 Å². The van der Waals surface area contributed by atoms with Crippen molar-refractivity contribution >= 4 is 44.6 Å². The molecule has 1 aromatic heterocycles. The van der Waals surface area contributed by atoms with Crippen molar-refractivity contribution in [3.8, 4) is 0 Å². The van der Waals surface area contributed by atoms with Gasteiger partial charge >= 0.3 is 0 Å². The number of nitrogens with zero attached hydrogens (tertiary/aromatic N) is 2. The van der Waals surface area contributed by atoms with E-state index in [0.717, 1.165) is 37.1 Å². The Morgan fingerprint density at radius 1 is 1.07 bits per heavy atom. The molecule has 1 aliphatic rings. The Labute approximate surface area is 167 Å². The fourth-order valence-electron chi connectivity index (χ4n) is 2.89. The Bertz CT molecular complexity index is 891. The Kier molecular flexibility index (Phi) is 6.51. The van der Waals surface area contributed by atoms with Crippen LogP contribution in [-0.2, 0) is 21.4 Å². The van der Waals surface area contributed by atoms with Crippen molar-refractivity contribution in [2.45, 2.75) is 11.4 Å². The minimum absolute atomic E-state index is 0.0173. The third-order valence-electron chi connectivity index (χ3n) is 4.31. The smallest absolute Gasteiger partial charge is 0.238 e. The summed E-state index contributed by atoms with van der Waals surface area (Å²) >= 11 is 7.56. The van der Waals surface area contributed by atoms with Gasteiger partial charge in [0, 0.05) is 43.3 Å². The summed E-state index contributed by atoms with van der Waals surface area (Å²) in [5.41, 5.74) is 0.542. The van der Waals surface area contributed by atoms with Crippen LogP contribution in [0.25, 0.3) is 0 Å². The third kappa shape index (κ3) is 6.00. The summed E-state index contributed by atoms with van der Waals surface area (Å²) in [6.45, 7) is 4.61. The highest BCUT2D eigenvalue weighted by Crippen LogP contribution is 2.23. The molecule has 0 bridgehead atoms. The molecule has 7 nitrogen and oxygen atoms in total. The van der Waals surface area contributed by atoms with Gasteiger partial charge in [-0.1, -0.05) is 11.6 Å². The molecule has 10 heteroatoms. The number of thiophene rings is 1. The summed E-state index contributed by atoms with van der Waals surface area (Å²) in [7, 11) is -3.73. The lowest BCUT2D eigenvalue weighted by Crippen LogP contribution is -2.48. The van der Waals surface area contributed by atoms with Gasteiger partial charge in [-0.25, -0.2) is 13.6 Å². The molecule has 1 saturated heterocycles. The van der Waals surface area contributed by atoms with Crippen molar-refractivity contribution in [1.82, 2.24) is 9.80 Å². The number of nitrogens with two attached hydrogens (primary N) is 1. The largest absolute Gasteiger partial charge is 0.325 e. The topological polar surface area (TPSA) is 95.7 Å². The number of rotatable bonds is 6. The average Bonchev–Trinajstić information content (AvgIpc) is 3.01. The van der Waals surface area contributed by atoms with Gasteiger partial charge in [0.2, 0.25) is 15.9 Å². The first kappa shape index (κ1) is 20.2. The maximum Gasteiger partial charge on any atom is 0.238 e. The zero-order valence-corrected chi connectivity index (χ0v) is 17.0. The SMILES string of the molecule is NS(=O)(=O)c1ccc(NC(=O)CN2CCN(Cc3ccc(Cl)s3)CC2)cc1. The summed E-state index contributed by atoms with van der Waals surface area (Å²) < 4.78 is 23.3. The predicted octanol–water partition coefficient (Wildman–Crippen LogP) is 1.81. The molecule has 2 heterocycles. The Morgan fingerprint density at radius 2 is 1.70 bits per heavy atom. The molecule has 3 rings (SSSR count). The van der Waals surface area contributed by atoms with Gasteiger partial charge in [0.1, 0.15) is 0 Å². The molecular weight excluding hydrogens is 408 g/mol. The molecule has 3 N–H and O–H groups in total. The molecule has 0 atom stereocenters. The van der Waals surface area contributed by atoms with Gasteiger partial charge in [-0.3, -0.25) is 14.6 Å². The van der Waals surface area contributed by atoms with Gasteiger partial charge in [0.05, 0.1) is 15.8 Å². The average molecular weight is 429 g/mol. The number of anilines is 1. The molecule has 1 aromatic carbocycles. The van der Waals surface area contributed by atoms with Crippen molar-refractivity contribution in [2.24, 2.45) is 5.14 Å². The number of benzene rings is 1. The van der Waals surface area contributed by atoms with E-state index in [9.17, 15) is 13.2 Å². The summed E-state index contributed by atoms with van der Waals surface area (Å²) in [6.07, 6.45) is 0. The predicted molar refractivity (Wildman–Crippen MR) is 107 cm³/mol. The molecule has 1 amide bonds. The molecule has 1 aliphatic heterocycles. The molecule has 0 spiro atoms. The van der Waals surface area contributed by atoms with Crippen LogP contribution in [0.15, 0.2) is 41.3 Å². The van der Waals surface area contributed by atoms with Gasteiger partial charge < -0.3 is 5.32 Å². The first-order valence-corrected chi connectivity index (χ1v) is 11.2. The van der Waals surface area contributed by atoms with Gasteiger partial charge in [-0.15, -0.1) is 11.3 Å². The van der Waals surface area contributed by atoms with E-state index in [1.807, 2.05) is 12.1 Å². The van der Waals surface area contributed by atoms with Gasteiger partial charge in [0.25, 0.3) is 0 Å². The third-order valence-corrected chi connectivity index (χ3v) is 6.45. The summed E-state index contributed by atoms with van der Waals surface area (Å²) in [5, 5.41) is 7.84. The van der Waals surface area contributed by atoms with Crippen LogP contribution in [-0.4, -0.2) is 56.8 Å². The summed E-state index contributed by atoms with van der Waals surface area (Å²) in [6, 6.07) is 9.77. The quantitative estimate of drug-likeness (QED) is 0.731. The second-order valence-corrected chi connectivity index (χ2v) is 9.74. The zero-order valence-electron chi connectivity index (χ0n) is 14.6. The number of hydrogen-bond donors (Lipinski definition) is 2. The number of primary sulfonamides is 1. The molecule has 0 unspecified atom stereocenters. The van der Waals surface area contributed by atoms with E-state index in [4.69, 9.17) is 16.7 Å². The van der Waals surface area contributed by atoms with E-state index < -0.39 is 10.0 Å². The standard InChI is InChI=1S/C17H21ClN4O3S2/c18-16-6-3-14(26-16)11-21-7-9-22(10-8-21)12-17(23)20-13-1-4-15(5-2-13)27(19,24)25/h1-6H,7-12H2,(H,20,23)(H2,19,24,25). The molecule has 2 aromatic rings. The van der Waals surface area contributed by atoms with E-state index >= 15 is 0 Å². The number of carbonyl (C=O) groups is 1. The molecule has 0 saturated carbocycles. The van der Waals surface area contributed by atoms with Gasteiger partial charge in [0.15, 0.2) is 0 Å². The highest BCUT2D eigenvalue weighted by Gasteiger charge is 2.19. The van der Waals surface area contributed by atoms with Crippen LogP contribution in [0.1, 0.15) is 4.88 Å². The zero-order chi connectivity index (χ0) is 19.4. The number of amides is 1. The maximum atomic E-state index is 12.2. The van der Waals surface area contributed by atoms with Crippen molar-refractivity contribution in [3.05, 3.63) is 45.6 Å². The van der Waals surface area contributed by atoms with E-state index in [1.165, 1.54) is 29.1 Å². The Morgan fingerprint density at radius 3 is 2.26 bits per heavy atom. The lowest BCUT2D eigenvalue weighted by molar-refractivity contribution is -0.117. The molecule has 27 heavy (non-hydrogen) atoms. The van der Waals surface area contributed by atoms with Crippen molar-refractivity contribution in [1.29, 1.82) is 0 Å². The molecular formula is C17H21ClN4O3S2. The fourth-order valence-corrected chi connectivity index (χ4v) is 4.54. The number of piperazine rings is 1. The number of carbonyl (C=O) groups excluding carboxylic acids is 1. The van der Waals surface area contributed by atoms with Crippen LogP contribution in [0, 0.1) is 0 Å². The van der Waals surface area contributed by atoms with Crippen LogP contribution in [0.5, 0.6) is 0 Å². The molecule has 0 aliphatic carbocycles. The lowest BCUT2D eigenvalue weighted by Gasteiger charge is -2.34. The summed E-state index contributed by atoms with van der Waals surface area (Å²) in [5.74, 6) is -0.128. The number of hydrogen-bond acceptors (Lipinski definition) is 6. The van der Waals surface area contributed by atoms with Crippen LogP contribution < -0.4 is 10.5 Å². The molecule has 146 valence electrons. The first-order valence-electron chi connectivity index (χ1n) is 8.41. The maximum absolute atomic E-state index is 12.2. The highest BCUT2D eigenvalue weighted by atomic mass is 35.5. The summed E-state index contributed by atoms with van der Waals surface area (Å²) in [4.78, 5) is 17.9. The van der Waals surface area contributed by atoms with Crippen LogP contribution >= 0.6 is 22.9 Å². The second kappa shape index (κ2) is 8.68. The van der Waals surface area contributed by atoms with E-state index in [0.29, 0.717) is 12.2 Å². The number of halogens is 1.